The van der Waals surface area contributed by atoms with Crippen LogP contribution in [0.1, 0.15) is 32.1 Å². The fourth-order valence-corrected chi connectivity index (χ4v) is 2.69. The lowest BCUT2D eigenvalue weighted by molar-refractivity contribution is -0.244. The van der Waals surface area contributed by atoms with Gasteiger partial charge in [-0.2, -0.15) is 0 Å². The smallest absolute Gasteiger partial charge is 0.350 e. The van der Waals surface area contributed by atoms with Gasteiger partial charge in [0.15, 0.2) is 5.57 Å². The highest BCUT2D eigenvalue weighted by molar-refractivity contribution is 6.15. The van der Waals surface area contributed by atoms with Crippen LogP contribution in [-0.2, 0) is 19.1 Å². The highest BCUT2D eigenvalue weighted by atomic mass is 19.1. The maximum Gasteiger partial charge on any atom is 0.350 e. The van der Waals surface area contributed by atoms with E-state index in [0.29, 0.717) is 12.8 Å². The predicted molar refractivity (Wildman–Crippen MR) is 76.1 cm³/mol. The van der Waals surface area contributed by atoms with Crippen molar-refractivity contribution in [2.75, 3.05) is 5.32 Å². The molecule has 1 aromatic carbocycles. The Balaban J connectivity index is 1.75. The third kappa shape index (κ3) is 2.81. The molecule has 5 nitrogen and oxygen atoms in total. The number of hydrogen-bond acceptors (Lipinski definition) is 5. The van der Waals surface area contributed by atoms with E-state index in [9.17, 15) is 14.0 Å². The van der Waals surface area contributed by atoms with Crippen LogP contribution in [0.3, 0.4) is 0 Å². The molecule has 1 saturated heterocycles. The van der Waals surface area contributed by atoms with Gasteiger partial charge in [0.25, 0.3) is 5.79 Å². The van der Waals surface area contributed by atoms with E-state index in [1.807, 2.05) is 0 Å². The molecule has 2 aliphatic rings. The first-order valence-corrected chi connectivity index (χ1v) is 7.28. The second kappa shape index (κ2) is 5.79. The van der Waals surface area contributed by atoms with Crippen LogP contribution in [0.4, 0.5) is 10.1 Å². The summed E-state index contributed by atoms with van der Waals surface area (Å²) in [5.41, 5.74) is -0.104. The molecule has 0 unspecified atom stereocenters. The quantitative estimate of drug-likeness (QED) is 0.517. The van der Waals surface area contributed by atoms with Gasteiger partial charge in [0.1, 0.15) is 5.82 Å². The first-order chi connectivity index (χ1) is 10.6. The standard InChI is InChI=1S/C16H16FNO4/c17-12-6-2-3-7-13(12)18-10-11-14(19)21-16(22-15(11)20)8-4-1-5-9-16/h2-3,6-7,10,18H,1,4-5,8-9H2. The zero-order valence-corrected chi connectivity index (χ0v) is 11.9. The maximum absolute atomic E-state index is 13.5. The Morgan fingerprint density at radius 3 is 2.32 bits per heavy atom. The number of nitrogens with one attached hydrogen (secondary N) is 1. The van der Waals surface area contributed by atoms with Crippen molar-refractivity contribution in [1.29, 1.82) is 0 Å². The molecule has 6 heteroatoms. The molecule has 0 amide bonds. The van der Waals surface area contributed by atoms with Crippen LogP contribution in [0.25, 0.3) is 0 Å². The highest BCUT2D eigenvalue weighted by Gasteiger charge is 2.46. The molecule has 1 spiro atoms. The van der Waals surface area contributed by atoms with Crippen LogP contribution in [0.15, 0.2) is 36.0 Å². The van der Waals surface area contributed by atoms with Crippen LogP contribution in [-0.4, -0.2) is 17.7 Å². The molecule has 1 heterocycles. The number of para-hydroxylation sites is 1. The first kappa shape index (κ1) is 14.6. The molecular weight excluding hydrogens is 289 g/mol. The van der Waals surface area contributed by atoms with Crippen molar-refractivity contribution in [3.8, 4) is 0 Å². The zero-order chi connectivity index (χ0) is 15.6. The molecule has 0 aromatic heterocycles. The number of carbonyl (C=O) groups excluding carboxylic acids is 2. The molecule has 116 valence electrons. The van der Waals surface area contributed by atoms with Crippen molar-refractivity contribution in [1.82, 2.24) is 0 Å². The average molecular weight is 305 g/mol. The Morgan fingerprint density at radius 2 is 1.68 bits per heavy atom. The number of hydrogen-bond donors (Lipinski definition) is 1. The summed E-state index contributed by atoms with van der Waals surface area (Å²) in [4.78, 5) is 24.1. The van der Waals surface area contributed by atoms with Crippen molar-refractivity contribution in [2.45, 2.75) is 37.9 Å². The van der Waals surface area contributed by atoms with Gasteiger partial charge >= 0.3 is 11.9 Å². The average Bonchev–Trinajstić information content (AvgIpc) is 2.49. The molecule has 1 aromatic rings. The molecule has 1 saturated carbocycles. The maximum atomic E-state index is 13.5. The molecule has 0 bridgehead atoms. The monoisotopic (exact) mass is 305 g/mol. The summed E-state index contributed by atoms with van der Waals surface area (Å²) in [6.45, 7) is 0. The van der Waals surface area contributed by atoms with Crippen LogP contribution in [0.5, 0.6) is 0 Å². The van der Waals surface area contributed by atoms with E-state index in [-0.39, 0.29) is 11.3 Å². The van der Waals surface area contributed by atoms with E-state index in [0.717, 1.165) is 25.5 Å². The first-order valence-electron chi connectivity index (χ1n) is 7.28. The van der Waals surface area contributed by atoms with Gasteiger partial charge in [-0.1, -0.05) is 18.6 Å². The normalized spacial score (nSPS) is 20.3. The van der Waals surface area contributed by atoms with Crippen molar-refractivity contribution in [2.24, 2.45) is 0 Å². The minimum Gasteiger partial charge on any atom is -0.419 e. The minimum atomic E-state index is -1.11. The summed E-state index contributed by atoms with van der Waals surface area (Å²) in [7, 11) is 0. The van der Waals surface area contributed by atoms with Gasteiger partial charge in [0.2, 0.25) is 0 Å². The Hall–Kier alpha value is -2.37. The van der Waals surface area contributed by atoms with E-state index in [1.165, 1.54) is 12.1 Å². The molecule has 22 heavy (non-hydrogen) atoms. The molecule has 0 radical (unpaired) electrons. The summed E-state index contributed by atoms with van der Waals surface area (Å²) in [6, 6.07) is 5.95. The number of anilines is 1. The Morgan fingerprint density at radius 1 is 1.05 bits per heavy atom. The topological polar surface area (TPSA) is 64.6 Å². The summed E-state index contributed by atoms with van der Waals surface area (Å²) >= 11 is 0. The fourth-order valence-electron chi connectivity index (χ4n) is 2.69. The van der Waals surface area contributed by atoms with E-state index in [1.54, 1.807) is 12.1 Å². The molecule has 1 N–H and O–H groups in total. The van der Waals surface area contributed by atoms with Crippen molar-refractivity contribution < 1.29 is 23.5 Å². The molecular formula is C16H16FNO4. The van der Waals surface area contributed by atoms with Crippen LogP contribution < -0.4 is 5.32 Å². The summed E-state index contributed by atoms with van der Waals surface area (Å²) < 4.78 is 24.2. The second-order valence-corrected chi connectivity index (χ2v) is 5.43. The number of benzene rings is 1. The van der Waals surface area contributed by atoms with Gasteiger partial charge in [0, 0.05) is 19.0 Å². The van der Waals surface area contributed by atoms with Gasteiger partial charge in [-0.25, -0.2) is 14.0 Å². The number of halogens is 1. The zero-order valence-electron chi connectivity index (χ0n) is 11.9. The SMILES string of the molecule is O=C1OC2(CCCCC2)OC(=O)C1=CNc1ccccc1F. The lowest BCUT2D eigenvalue weighted by atomic mass is 9.93. The largest absolute Gasteiger partial charge is 0.419 e. The van der Waals surface area contributed by atoms with E-state index >= 15 is 0 Å². The van der Waals surface area contributed by atoms with Crippen molar-refractivity contribution in [3.63, 3.8) is 0 Å². The van der Waals surface area contributed by atoms with Gasteiger partial charge in [-0.3, -0.25) is 0 Å². The van der Waals surface area contributed by atoms with E-state index in [2.05, 4.69) is 5.32 Å². The Labute approximate surface area is 127 Å². The lowest BCUT2D eigenvalue weighted by Gasteiger charge is -2.38. The lowest BCUT2D eigenvalue weighted by Crippen LogP contribution is -2.47. The third-order valence-corrected chi connectivity index (χ3v) is 3.86. The molecule has 3 rings (SSSR count). The van der Waals surface area contributed by atoms with Crippen LogP contribution in [0, 0.1) is 5.82 Å². The van der Waals surface area contributed by atoms with Gasteiger partial charge in [-0.15, -0.1) is 0 Å². The molecule has 0 atom stereocenters. The predicted octanol–water partition coefficient (Wildman–Crippen LogP) is 2.88. The van der Waals surface area contributed by atoms with E-state index < -0.39 is 23.5 Å². The Bertz CT molecular complexity index is 613. The number of rotatable bonds is 2. The van der Waals surface area contributed by atoms with Gasteiger partial charge < -0.3 is 14.8 Å². The molecule has 1 aliphatic carbocycles. The minimum absolute atomic E-state index is 0.161. The number of esters is 2. The number of carbonyl (C=O) groups is 2. The van der Waals surface area contributed by atoms with E-state index in [4.69, 9.17) is 9.47 Å². The third-order valence-electron chi connectivity index (χ3n) is 3.86. The highest BCUT2D eigenvalue weighted by Crippen LogP contribution is 2.36. The summed E-state index contributed by atoms with van der Waals surface area (Å²) in [6.07, 6.45) is 4.92. The fraction of sp³-hybridized carbons (Fsp3) is 0.375. The van der Waals surface area contributed by atoms with Crippen LogP contribution in [0.2, 0.25) is 0 Å². The van der Waals surface area contributed by atoms with Gasteiger partial charge in [-0.05, 0) is 25.0 Å². The van der Waals surface area contributed by atoms with Crippen LogP contribution >= 0.6 is 0 Å². The molecule has 1 aliphatic heterocycles. The van der Waals surface area contributed by atoms with Crippen molar-refractivity contribution >= 4 is 17.6 Å². The van der Waals surface area contributed by atoms with Gasteiger partial charge in [0.05, 0.1) is 5.69 Å². The summed E-state index contributed by atoms with van der Waals surface area (Å²) in [5.74, 6) is -3.06. The Kier molecular flexibility index (Phi) is 3.83. The second-order valence-electron chi connectivity index (χ2n) is 5.43. The number of ether oxygens (including phenoxy) is 2. The summed E-state index contributed by atoms with van der Waals surface area (Å²) in [5, 5.41) is 2.60. The van der Waals surface area contributed by atoms with Crippen molar-refractivity contribution in [3.05, 3.63) is 41.9 Å². The molecule has 2 fully saturated rings.